The number of nitrogens with zero attached hydrogens (tertiary/aromatic N) is 1. The summed E-state index contributed by atoms with van der Waals surface area (Å²) in [5, 5.41) is 6.00. The van der Waals surface area contributed by atoms with Gasteiger partial charge in [-0.05, 0) is 23.8 Å². The molecule has 5 heteroatoms. The number of hydrogen-bond donors (Lipinski definition) is 1. The molecular weight excluding hydrogens is 196 g/mol. The van der Waals surface area contributed by atoms with Crippen LogP contribution in [0.5, 0.6) is 5.75 Å². The Kier molecular flexibility index (Phi) is 1.65. The van der Waals surface area contributed by atoms with Gasteiger partial charge >= 0.3 is 5.76 Å². The van der Waals surface area contributed by atoms with Crippen LogP contribution in [0, 0.1) is 0 Å². The van der Waals surface area contributed by atoms with E-state index in [4.69, 9.17) is 9.15 Å². The minimum Gasteiger partial charge on any atom is -0.493 e. The van der Waals surface area contributed by atoms with Crippen LogP contribution in [0.15, 0.2) is 27.4 Å². The van der Waals surface area contributed by atoms with Crippen molar-refractivity contribution in [1.29, 1.82) is 0 Å². The summed E-state index contributed by atoms with van der Waals surface area (Å²) in [7, 11) is 0. The van der Waals surface area contributed by atoms with Crippen molar-refractivity contribution in [2.45, 2.75) is 6.42 Å². The number of ether oxygens (including phenoxy) is 1. The van der Waals surface area contributed by atoms with E-state index in [2.05, 4.69) is 10.2 Å². The van der Waals surface area contributed by atoms with Crippen LogP contribution in [-0.4, -0.2) is 16.8 Å². The number of aromatic amines is 1. The molecule has 2 heterocycles. The Morgan fingerprint density at radius 2 is 2.33 bits per heavy atom. The fourth-order valence-corrected chi connectivity index (χ4v) is 1.67. The minimum absolute atomic E-state index is 0.315. The van der Waals surface area contributed by atoms with Gasteiger partial charge in [0.05, 0.1) is 6.61 Å². The van der Waals surface area contributed by atoms with Crippen molar-refractivity contribution in [3.8, 4) is 17.2 Å². The second-order valence-corrected chi connectivity index (χ2v) is 3.34. The predicted molar refractivity (Wildman–Crippen MR) is 51.8 cm³/mol. The third-order valence-electron chi connectivity index (χ3n) is 2.37. The second kappa shape index (κ2) is 2.98. The van der Waals surface area contributed by atoms with E-state index in [1.807, 2.05) is 18.2 Å². The molecule has 0 unspecified atom stereocenters. The Morgan fingerprint density at radius 3 is 3.13 bits per heavy atom. The lowest BCUT2D eigenvalue weighted by molar-refractivity contribution is 0.357. The van der Waals surface area contributed by atoms with Gasteiger partial charge in [-0.1, -0.05) is 0 Å². The lowest BCUT2D eigenvalue weighted by Gasteiger charge is -1.99. The van der Waals surface area contributed by atoms with Gasteiger partial charge in [0.1, 0.15) is 5.75 Å². The highest BCUT2D eigenvalue weighted by Crippen LogP contribution is 2.29. The van der Waals surface area contributed by atoms with E-state index in [9.17, 15) is 4.79 Å². The number of nitrogens with one attached hydrogen (secondary N) is 1. The maximum Gasteiger partial charge on any atom is 0.434 e. The Morgan fingerprint density at radius 1 is 1.40 bits per heavy atom. The van der Waals surface area contributed by atoms with E-state index in [0.29, 0.717) is 12.5 Å². The molecule has 5 nitrogen and oxygen atoms in total. The molecule has 1 N–H and O–H groups in total. The second-order valence-electron chi connectivity index (χ2n) is 3.34. The first-order chi connectivity index (χ1) is 7.33. The van der Waals surface area contributed by atoms with Gasteiger partial charge in [0.15, 0.2) is 0 Å². The van der Waals surface area contributed by atoms with Gasteiger partial charge in [0, 0.05) is 12.0 Å². The molecule has 2 aromatic rings. The maximum atomic E-state index is 10.8. The molecule has 76 valence electrons. The average Bonchev–Trinajstić information content (AvgIpc) is 2.84. The summed E-state index contributed by atoms with van der Waals surface area (Å²) in [6, 6.07) is 5.62. The molecule has 0 fully saturated rings. The van der Waals surface area contributed by atoms with Crippen molar-refractivity contribution in [2.24, 2.45) is 0 Å². The highest BCUT2D eigenvalue weighted by molar-refractivity contribution is 5.57. The molecule has 1 aromatic heterocycles. The number of aromatic nitrogens is 2. The number of rotatable bonds is 1. The fraction of sp³-hybridized carbons (Fsp3) is 0.200. The summed E-state index contributed by atoms with van der Waals surface area (Å²) >= 11 is 0. The molecule has 0 amide bonds. The first kappa shape index (κ1) is 8.28. The monoisotopic (exact) mass is 204 g/mol. The quantitative estimate of drug-likeness (QED) is 0.751. The fourth-order valence-electron chi connectivity index (χ4n) is 1.67. The van der Waals surface area contributed by atoms with E-state index in [1.54, 1.807) is 0 Å². The summed E-state index contributed by atoms with van der Waals surface area (Å²) in [6.07, 6.45) is 0.887. The van der Waals surface area contributed by atoms with Crippen molar-refractivity contribution in [3.63, 3.8) is 0 Å². The molecule has 0 bridgehead atoms. The number of fused-ring (bicyclic) bond motifs is 1. The number of benzene rings is 1. The molecule has 0 saturated heterocycles. The van der Waals surface area contributed by atoms with Gasteiger partial charge in [-0.2, -0.15) is 0 Å². The van der Waals surface area contributed by atoms with Gasteiger partial charge in [0.2, 0.25) is 5.89 Å². The highest BCUT2D eigenvalue weighted by atomic mass is 16.5. The molecule has 0 radical (unpaired) electrons. The molecule has 0 aliphatic carbocycles. The van der Waals surface area contributed by atoms with Gasteiger partial charge < -0.3 is 9.15 Å². The lowest BCUT2D eigenvalue weighted by Crippen LogP contribution is -1.93. The Balaban J connectivity index is 2.10. The predicted octanol–water partition coefficient (Wildman–Crippen LogP) is 0.965. The maximum absolute atomic E-state index is 10.8. The molecule has 3 rings (SSSR count). The Labute approximate surface area is 84.7 Å². The summed E-state index contributed by atoms with van der Waals surface area (Å²) in [5.74, 6) is 0.674. The van der Waals surface area contributed by atoms with Gasteiger partial charge in [-0.3, -0.25) is 0 Å². The molecule has 1 aliphatic rings. The van der Waals surface area contributed by atoms with E-state index in [1.165, 1.54) is 0 Å². The summed E-state index contributed by atoms with van der Waals surface area (Å²) in [4.78, 5) is 10.8. The van der Waals surface area contributed by atoms with Crippen LogP contribution in [0.4, 0.5) is 0 Å². The number of H-pyrrole nitrogens is 1. The van der Waals surface area contributed by atoms with Crippen molar-refractivity contribution in [3.05, 3.63) is 34.3 Å². The van der Waals surface area contributed by atoms with Gasteiger partial charge in [0.25, 0.3) is 0 Å². The zero-order valence-electron chi connectivity index (χ0n) is 7.82. The van der Waals surface area contributed by atoms with Crippen LogP contribution in [0.3, 0.4) is 0 Å². The van der Waals surface area contributed by atoms with Gasteiger partial charge in [-0.25, -0.2) is 9.89 Å². The van der Waals surface area contributed by atoms with E-state index < -0.39 is 5.76 Å². The van der Waals surface area contributed by atoms with Crippen molar-refractivity contribution in [1.82, 2.24) is 10.2 Å². The van der Waals surface area contributed by atoms with E-state index in [0.717, 1.165) is 23.3 Å². The lowest BCUT2D eigenvalue weighted by atomic mass is 10.1. The van der Waals surface area contributed by atoms with Crippen molar-refractivity contribution in [2.75, 3.05) is 6.61 Å². The molecule has 15 heavy (non-hydrogen) atoms. The highest BCUT2D eigenvalue weighted by Gasteiger charge is 2.14. The van der Waals surface area contributed by atoms with E-state index in [-0.39, 0.29) is 0 Å². The first-order valence-corrected chi connectivity index (χ1v) is 4.64. The summed E-state index contributed by atoms with van der Waals surface area (Å²) in [5.41, 5.74) is 1.91. The summed E-state index contributed by atoms with van der Waals surface area (Å²) < 4.78 is 10.2. The van der Waals surface area contributed by atoms with Crippen LogP contribution in [0.25, 0.3) is 11.5 Å². The van der Waals surface area contributed by atoms with Crippen LogP contribution in [-0.2, 0) is 6.42 Å². The molecule has 0 atom stereocenters. The molecular formula is C10H8N2O3. The molecule has 0 spiro atoms. The third-order valence-corrected chi connectivity index (χ3v) is 2.37. The van der Waals surface area contributed by atoms with Crippen LogP contribution >= 0.6 is 0 Å². The first-order valence-electron chi connectivity index (χ1n) is 4.64. The van der Waals surface area contributed by atoms with Crippen LogP contribution in [0.2, 0.25) is 0 Å². The third kappa shape index (κ3) is 1.32. The molecule has 1 aliphatic heterocycles. The normalized spacial score (nSPS) is 13.6. The van der Waals surface area contributed by atoms with Crippen molar-refractivity contribution < 1.29 is 9.15 Å². The topological polar surface area (TPSA) is 68.1 Å². The molecule has 0 saturated carbocycles. The molecule has 1 aromatic carbocycles. The van der Waals surface area contributed by atoms with Crippen LogP contribution < -0.4 is 10.5 Å². The average molecular weight is 204 g/mol. The van der Waals surface area contributed by atoms with Crippen molar-refractivity contribution >= 4 is 0 Å². The van der Waals surface area contributed by atoms with Crippen LogP contribution in [0.1, 0.15) is 5.56 Å². The smallest absolute Gasteiger partial charge is 0.434 e. The standard InChI is InChI=1S/C10H8N2O3/c13-10-12-11-9(15-10)7-1-2-8-6(5-7)3-4-14-8/h1-2,5H,3-4H2,(H,12,13). The zero-order chi connectivity index (χ0) is 10.3. The minimum atomic E-state index is -0.540. The Bertz CT molecular complexity index is 556. The largest absolute Gasteiger partial charge is 0.493 e. The Hall–Kier alpha value is -2.04. The zero-order valence-corrected chi connectivity index (χ0v) is 7.82. The van der Waals surface area contributed by atoms with Gasteiger partial charge in [-0.15, -0.1) is 5.10 Å². The number of hydrogen-bond acceptors (Lipinski definition) is 4. The SMILES string of the molecule is O=c1[nH]nc(-c2ccc3c(c2)CCO3)o1. The van der Waals surface area contributed by atoms with E-state index >= 15 is 0 Å². The summed E-state index contributed by atoms with van der Waals surface area (Å²) in [6.45, 7) is 0.712.